The molecule has 3 amide bonds. The van der Waals surface area contributed by atoms with Crippen molar-refractivity contribution in [2.75, 3.05) is 11.4 Å². The van der Waals surface area contributed by atoms with Crippen LogP contribution in [0.2, 0.25) is 0 Å². The van der Waals surface area contributed by atoms with Gasteiger partial charge in [-0.2, -0.15) is 0 Å². The molecule has 4 aromatic carbocycles. The summed E-state index contributed by atoms with van der Waals surface area (Å²) in [5.41, 5.74) is 3.33. The highest BCUT2D eigenvalue weighted by Crippen LogP contribution is 2.51. The Morgan fingerprint density at radius 1 is 0.775 bits per heavy atom. The van der Waals surface area contributed by atoms with Crippen LogP contribution in [0.25, 0.3) is 27.6 Å². The van der Waals surface area contributed by atoms with Crippen molar-refractivity contribution < 1.29 is 14.4 Å². The van der Waals surface area contributed by atoms with Crippen molar-refractivity contribution in [2.24, 2.45) is 0 Å². The average Bonchev–Trinajstić information content (AvgIpc) is 3.43. The Balaban J connectivity index is 1.35. The van der Waals surface area contributed by atoms with E-state index in [-0.39, 0.29) is 12.5 Å². The highest BCUT2D eigenvalue weighted by molar-refractivity contribution is 7.71. The SMILES string of the molecule is CC1(C)c2sn(-c3cccc4ccccc34)c(=S)c2-c2ccccc2N1C(=O)CN1C(=O)c2ccccc2C1=O. The molecule has 3 heterocycles. The molecule has 0 fully saturated rings. The fourth-order valence-electron chi connectivity index (χ4n) is 5.89. The zero-order valence-corrected chi connectivity index (χ0v) is 23.4. The molecular weight excluding hydrogens is 539 g/mol. The van der Waals surface area contributed by atoms with E-state index >= 15 is 0 Å². The third kappa shape index (κ3) is 3.39. The molecule has 2 aliphatic heterocycles. The highest BCUT2D eigenvalue weighted by atomic mass is 32.1. The van der Waals surface area contributed by atoms with Crippen LogP contribution in [-0.2, 0) is 10.3 Å². The normalized spacial score (nSPS) is 15.2. The average molecular weight is 562 g/mol. The lowest BCUT2D eigenvalue weighted by Gasteiger charge is -2.43. The number of fused-ring (bicyclic) bond motifs is 5. The monoisotopic (exact) mass is 561 g/mol. The first-order chi connectivity index (χ1) is 19.3. The second-order valence-corrected chi connectivity index (χ2v) is 11.8. The smallest absolute Gasteiger partial charge is 0.262 e. The van der Waals surface area contributed by atoms with Gasteiger partial charge in [0, 0.05) is 16.5 Å². The number of rotatable bonds is 3. The predicted octanol–water partition coefficient (Wildman–Crippen LogP) is 6.97. The van der Waals surface area contributed by atoms with Crippen molar-refractivity contribution in [3.63, 3.8) is 0 Å². The Kier molecular flexibility index (Phi) is 5.42. The van der Waals surface area contributed by atoms with E-state index in [1.165, 1.54) is 11.5 Å². The van der Waals surface area contributed by atoms with E-state index in [9.17, 15) is 14.4 Å². The summed E-state index contributed by atoms with van der Waals surface area (Å²) in [6.45, 7) is 3.62. The van der Waals surface area contributed by atoms with Gasteiger partial charge < -0.3 is 0 Å². The minimum atomic E-state index is -0.798. The largest absolute Gasteiger partial charge is 0.300 e. The second kappa shape index (κ2) is 8.81. The van der Waals surface area contributed by atoms with Crippen molar-refractivity contribution in [1.82, 2.24) is 8.86 Å². The molecule has 0 atom stereocenters. The molecule has 0 N–H and O–H groups in total. The number of para-hydroxylation sites is 1. The first-order valence-corrected chi connectivity index (χ1v) is 14.1. The molecule has 40 heavy (non-hydrogen) atoms. The molecular formula is C32H23N3O3S2. The van der Waals surface area contributed by atoms with Crippen molar-refractivity contribution in [1.29, 1.82) is 0 Å². The van der Waals surface area contributed by atoms with Gasteiger partial charge in [0.15, 0.2) is 0 Å². The Hall–Kier alpha value is -4.40. The highest BCUT2D eigenvalue weighted by Gasteiger charge is 2.45. The molecule has 0 radical (unpaired) electrons. The first kappa shape index (κ1) is 24.6. The summed E-state index contributed by atoms with van der Waals surface area (Å²) in [5, 5.41) is 2.20. The van der Waals surface area contributed by atoms with E-state index < -0.39 is 17.4 Å². The number of hydrogen-bond acceptors (Lipinski definition) is 5. The summed E-state index contributed by atoms with van der Waals surface area (Å²) in [5.74, 6) is -1.24. The maximum atomic E-state index is 14.1. The zero-order chi connectivity index (χ0) is 27.8. The summed E-state index contributed by atoms with van der Waals surface area (Å²) < 4.78 is 2.75. The summed E-state index contributed by atoms with van der Waals surface area (Å²) in [7, 11) is 0. The van der Waals surface area contributed by atoms with Gasteiger partial charge >= 0.3 is 0 Å². The molecule has 0 saturated carbocycles. The molecule has 0 saturated heterocycles. The third-order valence-corrected chi connectivity index (χ3v) is 9.69. The molecule has 2 aliphatic rings. The minimum absolute atomic E-state index is 0.325. The molecule has 196 valence electrons. The molecule has 8 heteroatoms. The Labute approximate surface area is 239 Å². The van der Waals surface area contributed by atoms with Crippen molar-refractivity contribution in [3.8, 4) is 16.8 Å². The number of carbonyl (C=O) groups is 3. The van der Waals surface area contributed by atoms with Crippen LogP contribution < -0.4 is 4.90 Å². The number of imide groups is 1. The van der Waals surface area contributed by atoms with Crippen LogP contribution in [0.1, 0.15) is 39.4 Å². The van der Waals surface area contributed by atoms with Gasteiger partial charge in [0.25, 0.3) is 11.8 Å². The number of nitrogens with zero attached hydrogens (tertiary/aromatic N) is 3. The van der Waals surface area contributed by atoms with Crippen LogP contribution in [0, 0.1) is 4.64 Å². The number of amides is 3. The lowest BCUT2D eigenvalue weighted by Crippen LogP contribution is -2.52. The number of anilines is 1. The van der Waals surface area contributed by atoms with Gasteiger partial charge in [0.05, 0.1) is 32.9 Å². The van der Waals surface area contributed by atoms with Gasteiger partial charge in [-0.15, -0.1) is 0 Å². The van der Waals surface area contributed by atoms with Gasteiger partial charge in [0.1, 0.15) is 11.2 Å². The van der Waals surface area contributed by atoms with Crippen LogP contribution in [0.15, 0.2) is 91.0 Å². The van der Waals surface area contributed by atoms with Crippen LogP contribution in [0.5, 0.6) is 0 Å². The molecule has 7 rings (SSSR count). The molecule has 6 nitrogen and oxygen atoms in total. The lowest BCUT2D eigenvalue weighted by molar-refractivity contribution is -0.120. The summed E-state index contributed by atoms with van der Waals surface area (Å²) in [6, 6.07) is 28.7. The van der Waals surface area contributed by atoms with Crippen LogP contribution in [-0.4, -0.2) is 33.1 Å². The zero-order valence-electron chi connectivity index (χ0n) is 21.8. The molecule has 0 bridgehead atoms. The standard InChI is InChI=1S/C32H23N3O3S2/c1-32(2)28-27(31(39)35(40-28)25-17-9-11-19-10-3-4-12-20(19)25)23-15-7-8-16-24(23)34(32)26(36)18-33-29(37)21-13-5-6-14-22(21)30(33)38/h3-17H,18H2,1-2H3. The van der Waals surface area contributed by atoms with Crippen molar-refractivity contribution in [3.05, 3.63) is 112 Å². The van der Waals surface area contributed by atoms with E-state index in [4.69, 9.17) is 12.2 Å². The Morgan fingerprint density at radius 3 is 2.08 bits per heavy atom. The Bertz CT molecular complexity index is 1930. The number of aromatic nitrogens is 1. The third-order valence-electron chi connectivity index (χ3n) is 7.74. The van der Waals surface area contributed by atoms with Crippen molar-refractivity contribution in [2.45, 2.75) is 19.4 Å². The van der Waals surface area contributed by atoms with Gasteiger partial charge in [-0.3, -0.25) is 28.1 Å². The summed E-state index contributed by atoms with van der Waals surface area (Å²) >= 11 is 7.63. The summed E-state index contributed by atoms with van der Waals surface area (Å²) in [6.07, 6.45) is 0. The second-order valence-electron chi connectivity index (χ2n) is 10.4. The molecule has 0 unspecified atom stereocenters. The van der Waals surface area contributed by atoms with Crippen LogP contribution >= 0.6 is 23.8 Å². The minimum Gasteiger partial charge on any atom is -0.300 e. The lowest BCUT2D eigenvalue weighted by atomic mass is 9.87. The van der Waals surface area contributed by atoms with E-state index in [1.54, 1.807) is 29.2 Å². The first-order valence-electron chi connectivity index (χ1n) is 12.9. The van der Waals surface area contributed by atoms with E-state index in [0.29, 0.717) is 21.5 Å². The number of carbonyl (C=O) groups excluding carboxylic acids is 3. The maximum Gasteiger partial charge on any atom is 0.262 e. The Morgan fingerprint density at radius 2 is 1.35 bits per heavy atom. The van der Waals surface area contributed by atoms with E-state index in [0.717, 1.165) is 37.4 Å². The molecule has 0 spiro atoms. The number of hydrogen-bond donors (Lipinski definition) is 0. The van der Waals surface area contributed by atoms with E-state index in [2.05, 4.69) is 28.2 Å². The van der Waals surface area contributed by atoms with E-state index in [1.807, 2.05) is 56.3 Å². The molecule has 1 aromatic heterocycles. The fraction of sp³-hybridized carbons (Fsp3) is 0.125. The molecule has 0 aliphatic carbocycles. The van der Waals surface area contributed by atoms with Crippen LogP contribution in [0.3, 0.4) is 0 Å². The maximum absolute atomic E-state index is 14.1. The fourth-order valence-corrected chi connectivity index (χ4v) is 7.61. The van der Waals surface area contributed by atoms with Crippen molar-refractivity contribution >= 4 is 57.9 Å². The predicted molar refractivity (Wildman–Crippen MR) is 160 cm³/mol. The quantitative estimate of drug-likeness (QED) is 0.176. The van der Waals surface area contributed by atoms with Crippen LogP contribution in [0.4, 0.5) is 5.69 Å². The number of benzene rings is 4. The van der Waals surface area contributed by atoms with Gasteiger partial charge in [-0.1, -0.05) is 90.5 Å². The van der Waals surface area contributed by atoms with Gasteiger partial charge in [-0.05, 0) is 43.5 Å². The summed E-state index contributed by atoms with van der Waals surface area (Å²) in [4.78, 5) is 43.9. The topological polar surface area (TPSA) is 62.6 Å². The van der Waals surface area contributed by atoms with Gasteiger partial charge in [-0.25, -0.2) is 0 Å². The molecule has 5 aromatic rings. The van der Waals surface area contributed by atoms with Gasteiger partial charge in [0.2, 0.25) is 5.91 Å².